The van der Waals surface area contributed by atoms with Crippen LogP contribution in [0.15, 0.2) is 59.5 Å². The molecule has 0 radical (unpaired) electrons. The number of aryl methyl sites for hydroxylation is 1. The number of fused-ring (bicyclic) bond motifs is 2. The van der Waals surface area contributed by atoms with Crippen LogP contribution in [0.3, 0.4) is 0 Å². The maximum Gasteiger partial charge on any atom is 0.225 e. The second kappa shape index (κ2) is 7.99. The number of likely N-dealkylation sites (tertiary alicyclic amines) is 1. The second-order valence-corrected chi connectivity index (χ2v) is 8.68. The Hall–Kier alpha value is -3.06. The van der Waals surface area contributed by atoms with Gasteiger partial charge in [0.05, 0.1) is 34.5 Å². The number of piperidine rings is 1. The molecule has 0 spiro atoms. The molecule has 5 rings (SSSR count). The Labute approximate surface area is 177 Å². The minimum atomic E-state index is -0.0971. The summed E-state index contributed by atoms with van der Waals surface area (Å²) < 4.78 is 2.92. The van der Waals surface area contributed by atoms with Gasteiger partial charge >= 0.3 is 0 Å². The molecule has 3 heterocycles. The Morgan fingerprint density at radius 3 is 2.83 bits per heavy atom. The number of para-hydroxylation sites is 2. The van der Waals surface area contributed by atoms with Crippen LogP contribution in [-0.4, -0.2) is 32.1 Å². The average Bonchev–Trinajstić information content (AvgIpc) is 3.23. The van der Waals surface area contributed by atoms with Crippen LogP contribution in [0.4, 0.5) is 0 Å². The van der Waals surface area contributed by atoms with E-state index in [1.165, 1.54) is 6.20 Å². The molecule has 0 N–H and O–H groups in total. The van der Waals surface area contributed by atoms with Crippen molar-refractivity contribution in [3.63, 3.8) is 0 Å². The molecule has 1 aliphatic heterocycles. The first-order valence-electron chi connectivity index (χ1n) is 10.3. The van der Waals surface area contributed by atoms with Gasteiger partial charge in [-0.15, -0.1) is 11.3 Å². The first kappa shape index (κ1) is 18.9. The lowest BCUT2D eigenvalue weighted by atomic mass is 10.0. The molecule has 7 heteroatoms. The van der Waals surface area contributed by atoms with E-state index in [9.17, 15) is 9.59 Å². The number of hydrogen-bond donors (Lipinski definition) is 0. The summed E-state index contributed by atoms with van der Waals surface area (Å²) in [5, 5.41) is 5.91. The van der Waals surface area contributed by atoms with E-state index < -0.39 is 0 Å². The van der Waals surface area contributed by atoms with E-state index in [0.717, 1.165) is 46.5 Å². The van der Waals surface area contributed by atoms with E-state index in [1.807, 2.05) is 41.3 Å². The first-order chi connectivity index (χ1) is 14.7. The topological polar surface area (TPSA) is 68.1 Å². The van der Waals surface area contributed by atoms with Crippen molar-refractivity contribution in [3.05, 3.63) is 70.0 Å². The fourth-order valence-electron chi connectivity index (χ4n) is 4.20. The third kappa shape index (κ3) is 3.50. The number of nitrogens with zero attached hydrogens (tertiary/aromatic N) is 4. The van der Waals surface area contributed by atoms with Crippen LogP contribution in [-0.2, 0) is 11.3 Å². The monoisotopic (exact) mass is 418 g/mol. The summed E-state index contributed by atoms with van der Waals surface area (Å²) in [6.45, 7) is 1.21. The maximum atomic E-state index is 13.2. The summed E-state index contributed by atoms with van der Waals surface area (Å²) in [5.74, 6) is 0.114. The highest BCUT2D eigenvalue weighted by atomic mass is 32.1. The molecule has 1 amide bonds. The molecular weight excluding hydrogens is 396 g/mol. The average molecular weight is 419 g/mol. The van der Waals surface area contributed by atoms with E-state index in [2.05, 4.69) is 11.2 Å². The Bertz CT molecular complexity index is 1250. The molecule has 0 unspecified atom stereocenters. The van der Waals surface area contributed by atoms with Gasteiger partial charge in [-0.2, -0.15) is 5.10 Å². The largest absolute Gasteiger partial charge is 0.333 e. The molecule has 152 valence electrons. The molecule has 2 aromatic carbocycles. The molecule has 1 atom stereocenters. The van der Waals surface area contributed by atoms with Gasteiger partial charge in [-0.1, -0.05) is 24.3 Å². The molecule has 6 nitrogen and oxygen atoms in total. The number of carbonyl (C=O) groups is 1. The number of amides is 1. The smallest absolute Gasteiger partial charge is 0.225 e. The second-order valence-electron chi connectivity index (χ2n) is 7.62. The Morgan fingerprint density at radius 1 is 1.10 bits per heavy atom. The zero-order valence-corrected chi connectivity index (χ0v) is 17.3. The number of aromatic nitrogens is 3. The van der Waals surface area contributed by atoms with Crippen molar-refractivity contribution in [2.75, 3.05) is 6.54 Å². The fourth-order valence-corrected chi connectivity index (χ4v) is 5.32. The zero-order chi connectivity index (χ0) is 20.5. The predicted octanol–water partition coefficient (Wildman–Crippen LogP) is 4.15. The number of rotatable bonds is 4. The predicted molar refractivity (Wildman–Crippen MR) is 119 cm³/mol. The van der Waals surface area contributed by atoms with Crippen LogP contribution in [0.1, 0.15) is 36.7 Å². The summed E-state index contributed by atoms with van der Waals surface area (Å²) >= 11 is 1.69. The highest BCUT2D eigenvalue weighted by Gasteiger charge is 2.30. The van der Waals surface area contributed by atoms with Crippen molar-refractivity contribution in [2.24, 2.45) is 0 Å². The van der Waals surface area contributed by atoms with Crippen molar-refractivity contribution < 1.29 is 4.79 Å². The van der Waals surface area contributed by atoms with E-state index in [4.69, 9.17) is 4.98 Å². The highest BCUT2D eigenvalue weighted by molar-refractivity contribution is 7.18. The molecule has 1 fully saturated rings. The molecular formula is C23H22N4O2S. The first-order valence-corrected chi connectivity index (χ1v) is 11.1. The van der Waals surface area contributed by atoms with Gasteiger partial charge in [-0.05, 0) is 43.5 Å². The maximum absolute atomic E-state index is 13.2. The lowest BCUT2D eigenvalue weighted by molar-refractivity contribution is -0.135. The van der Waals surface area contributed by atoms with Gasteiger partial charge in [-0.3, -0.25) is 14.3 Å². The lowest BCUT2D eigenvalue weighted by Crippen LogP contribution is -2.39. The normalized spacial score (nSPS) is 16.9. The van der Waals surface area contributed by atoms with Crippen LogP contribution in [0, 0.1) is 0 Å². The van der Waals surface area contributed by atoms with E-state index in [1.54, 1.807) is 22.1 Å². The number of hydrogen-bond acceptors (Lipinski definition) is 5. The molecule has 0 aliphatic carbocycles. The lowest BCUT2D eigenvalue weighted by Gasteiger charge is -2.34. The number of benzene rings is 2. The molecule has 0 bridgehead atoms. The minimum absolute atomic E-state index is 0.0439. The van der Waals surface area contributed by atoms with Crippen LogP contribution in [0.5, 0.6) is 0 Å². The summed E-state index contributed by atoms with van der Waals surface area (Å²) in [5.41, 5.74) is 1.67. The van der Waals surface area contributed by atoms with Crippen molar-refractivity contribution in [3.8, 4) is 0 Å². The van der Waals surface area contributed by atoms with Crippen LogP contribution >= 0.6 is 11.3 Å². The van der Waals surface area contributed by atoms with E-state index >= 15 is 0 Å². The molecule has 2 aromatic heterocycles. The van der Waals surface area contributed by atoms with Gasteiger partial charge < -0.3 is 4.90 Å². The van der Waals surface area contributed by atoms with Crippen LogP contribution in [0.25, 0.3) is 21.1 Å². The molecule has 4 aromatic rings. The fraction of sp³-hybridized carbons (Fsp3) is 0.304. The highest BCUT2D eigenvalue weighted by Crippen LogP contribution is 2.36. The number of thiazole rings is 1. The Kier molecular flexibility index (Phi) is 5.04. The summed E-state index contributed by atoms with van der Waals surface area (Å²) in [6.07, 6.45) is 4.76. The van der Waals surface area contributed by atoms with Crippen molar-refractivity contribution in [2.45, 2.75) is 38.3 Å². The van der Waals surface area contributed by atoms with Gasteiger partial charge in [0.2, 0.25) is 11.3 Å². The quantitative estimate of drug-likeness (QED) is 0.499. The Balaban J connectivity index is 1.37. The summed E-state index contributed by atoms with van der Waals surface area (Å²) in [6, 6.07) is 15.6. The summed E-state index contributed by atoms with van der Waals surface area (Å²) in [4.78, 5) is 32.0. The Morgan fingerprint density at radius 2 is 1.93 bits per heavy atom. The van der Waals surface area contributed by atoms with Crippen molar-refractivity contribution in [1.82, 2.24) is 19.7 Å². The third-order valence-electron chi connectivity index (χ3n) is 5.72. The molecule has 1 saturated heterocycles. The standard InChI is InChI=1S/C23H22N4O2S/c28-20-15-24-27(18-9-3-1-7-16(18)20)14-12-22(29)26-13-6-5-10-19(26)23-25-17-8-2-4-11-21(17)30-23/h1-4,7-9,11,15,19H,5-6,10,12-14H2/t19-/m1/s1. The van der Waals surface area contributed by atoms with Crippen molar-refractivity contribution in [1.29, 1.82) is 0 Å². The molecule has 0 saturated carbocycles. The van der Waals surface area contributed by atoms with Gasteiger partial charge in [0.15, 0.2) is 0 Å². The van der Waals surface area contributed by atoms with Crippen molar-refractivity contribution >= 4 is 38.4 Å². The van der Waals surface area contributed by atoms with Gasteiger partial charge in [0, 0.05) is 18.4 Å². The van der Waals surface area contributed by atoms with Gasteiger partial charge in [0.25, 0.3) is 0 Å². The van der Waals surface area contributed by atoms with Gasteiger partial charge in [-0.25, -0.2) is 4.98 Å². The van der Waals surface area contributed by atoms with E-state index in [0.29, 0.717) is 18.4 Å². The zero-order valence-electron chi connectivity index (χ0n) is 16.5. The SMILES string of the molecule is O=C(CCn1ncc(=O)c2ccccc21)N1CCCC[C@@H]1c1nc2ccccc2s1. The molecule has 1 aliphatic rings. The minimum Gasteiger partial charge on any atom is -0.333 e. The van der Waals surface area contributed by atoms with Gasteiger partial charge in [0.1, 0.15) is 5.01 Å². The van der Waals surface area contributed by atoms with E-state index in [-0.39, 0.29) is 17.4 Å². The van der Waals surface area contributed by atoms with Crippen LogP contribution < -0.4 is 5.43 Å². The van der Waals surface area contributed by atoms with Crippen LogP contribution in [0.2, 0.25) is 0 Å². The molecule has 30 heavy (non-hydrogen) atoms. The third-order valence-corrected chi connectivity index (χ3v) is 6.86. The number of carbonyl (C=O) groups excluding carboxylic acids is 1. The summed E-state index contributed by atoms with van der Waals surface area (Å²) in [7, 11) is 0.